The molecular formula is C20H23N5O3. The zero-order valence-corrected chi connectivity index (χ0v) is 15.8. The number of aryl methyl sites for hydroxylation is 1. The van der Waals surface area contributed by atoms with E-state index in [1.165, 1.54) is 0 Å². The van der Waals surface area contributed by atoms with Crippen LogP contribution in [0.5, 0.6) is 5.88 Å². The first-order valence-electron chi connectivity index (χ1n) is 9.45. The van der Waals surface area contributed by atoms with Crippen molar-refractivity contribution in [2.45, 2.75) is 31.7 Å². The summed E-state index contributed by atoms with van der Waals surface area (Å²) in [5.74, 6) is 1.26. The maximum Gasteiger partial charge on any atom is 0.229 e. The van der Waals surface area contributed by atoms with Crippen LogP contribution >= 0.6 is 0 Å². The summed E-state index contributed by atoms with van der Waals surface area (Å²) in [6.45, 7) is 1.45. The highest BCUT2D eigenvalue weighted by Crippen LogP contribution is 2.36. The van der Waals surface area contributed by atoms with E-state index in [-0.39, 0.29) is 11.9 Å². The van der Waals surface area contributed by atoms with Gasteiger partial charge >= 0.3 is 0 Å². The summed E-state index contributed by atoms with van der Waals surface area (Å²) in [6.07, 6.45) is 5.20. The van der Waals surface area contributed by atoms with Crippen molar-refractivity contribution in [1.29, 1.82) is 0 Å². The third-order valence-electron chi connectivity index (χ3n) is 4.83. The lowest BCUT2D eigenvalue weighted by Gasteiger charge is -2.23. The van der Waals surface area contributed by atoms with Gasteiger partial charge in [-0.2, -0.15) is 4.98 Å². The molecule has 0 aliphatic carbocycles. The van der Waals surface area contributed by atoms with E-state index in [1.54, 1.807) is 19.4 Å². The minimum atomic E-state index is -0.0187. The molecular weight excluding hydrogens is 358 g/mol. The average molecular weight is 381 g/mol. The number of hydrogen-bond donors (Lipinski definition) is 1. The first-order valence-corrected chi connectivity index (χ1v) is 9.45. The largest absolute Gasteiger partial charge is 0.493 e. The number of aromatic nitrogens is 4. The van der Waals surface area contributed by atoms with Gasteiger partial charge in [-0.1, -0.05) is 11.2 Å². The predicted molar refractivity (Wildman–Crippen MR) is 103 cm³/mol. The van der Waals surface area contributed by atoms with Crippen LogP contribution in [0.15, 0.2) is 41.1 Å². The maximum absolute atomic E-state index is 10.1. The van der Waals surface area contributed by atoms with E-state index in [9.17, 15) is 5.11 Å². The third-order valence-corrected chi connectivity index (χ3v) is 4.83. The van der Waals surface area contributed by atoms with Gasteiger partial charge in [0.05, 0.1) is 11.7 Å². The fraction of sp³-hybridized carbons (Fsp3) is 0.400. The van der Waals surface area contributed by atoms with Crippen LogP contribution < -0.4 is 4.90 Å². The van der Waals surface area contributed by atoms with E-state index < -0.39 is 0 Å². The molecule has 4 rings (SSSR count). The molecule has 146 valence electrons. The van der Waals surface area contributed by atoms with Gasteiger partial charge in [0, 0.05) is 44.3 Å². The van der Waals surface area contributed by atoms with E-state index in [4.69, 9.17) is 9.26 Å². The summed E-state index contributed by atoms with van der Waals surface area (Å²) in [5.41, 5.74) is 2.28. The van der Waals surface area contributed by atoms with Gasteiger partial charge in [0.25, 0.3) is 0 Å². The van der Waals surface area contributed by atoms with Gasteiger partial charge in [-0.3, -0.25) is 4.98 Å². The minimum absolute atomic E-state index is 0.0152. The summed E-state index contributed by atoms with van der Waals surface area (Å²) in [7, 11) is 1.67. The van der Waals surface area contributed by atoms with Crippen molar-refractivity contribution in [2.75, 3.05) is 25.2 Å². The number of pyridine rings is 1. The number of ether oxygens (including phenoxy) is 1. The molecule has 0 saturated carbocycles. The second kappa shape index (κ2) is 8.35. The molecule has 0 aromatic carbocycles. The number of aromatic hydroxyl groups is 1. The van der Waals surface area contributed by atoms with Gasteiger partial charge in [-0.15, -0.1) is 0 Å². The van der Waals surface area contributed by atoms with Crippen molar-refractivity contribution in [2.24, 2.45) is 0 Å². The van der Waals surface area contributed by atoms with Crippen molar-refractivity contribution in [1.82, 2.24) is 20.1 Å². The number of hydrogen-bond acceptors (Lipinski definition) is 8. The summed E-state index contributed by atoms with van der Waals surface area (Å²) < 4.78 is 10.7. The first-order chi connectivity index (χ1) is 13.7. The fourth-order valence-corrected chi connectivity index (χ4v) is 3.51. The molecule has 0 radical (unpaired) electrons. The molecule has 1 atom stereocenters. The Morgan fingerprint density at radius 1 is 1.25 bits per heavy atom. The van der Waals surface area contributed by atoms with Crippen LogP contribution in [0.3, 0.4) is 0 Å². The van der Waals surface area contributed by atoms with Crippen LogP contribution in [0.4, 0.5) is 5.95 Å². The van der Waals surface area contributed by atoms with E-state index in [0.717, 1.165) is 49.4 Å². The van der Waals surface area contributed by atoms with E-state index in [2.05, 4.69) is 25.0 Å². The highest BCUT2D eigenvalue weighted by molar-refractivity contribution is 5.54. The van der Waals surface area contributed by atoms with Crippen LogP contribution in [-0.2, 0) is 11.2 Å². The molecule has 8 nitrogen and oxygen atoms in total. The topological polar surface area (TPSA) is 97.4 Å². The molecule has 28 heavy (non-hydrogen) atoms. The standard InChI is InChI=1S/C20H23N5O3/c1-27-11-5-6-14-12-19(26)23-20(22-14)25-10-4-8-17(25)18-13-16(24-28-18)15-7-2-3-9-21-15/h2-3,7,9,12-13,17H,4-6,8,10-11H2,1H3,(H,22,23,26). The van der Waals surface area contributed by atoms with Crippen LogP contribution in [0.25, 0.3) is 11.4 Å². The number of nitrogens with zero attached hydrogens (tertiary/aromatic N) is 5. The quantitative estimate of drug-likeness (QED) is 0.623. The zero-order valence-electron chi connectivity index (χ0n) is 15.8. The second-order valence-corrected chi connectivity index (χ2v) is 6.79. The molecule has 8 heteroatoms. The Labute approximate surface area is 163 Å². The van der Waals surface area contributed by atoms with Crippen molar-refractivity contribution in [3.63, 3.8) is 0 Å². The lowest BCUT2D eigenvalue weighted by molar-refractivity contribution is 0.195. The van der Waals surface area contributed by atoms with Gasteiger partial charge in [0.2, 0.25) is 11.8 Å². The summed E-state index contributed by atoms with van der Waals surface area (Å²) in [4.78, 5) is 15.3. The number of rotatable bonds is 7. The second-order valence-electron chi connectivity index (χ2n) is 6.79. The van der Waals surface area contributed by atoms with Gasteiger partial charge in [-0.05, 0) is 37.8 Å². The minimum Gasteiger partial charge on any atom is -0.493 e. The molecule has 0 amide bonds. The first kappa shape index (κ1) is 18.4. The number of anilines is 1. The molecule has 0 bridgehead atoms. The van der Waals surface area contributed by atoms with E-state index >= 15 is 0 Å². The maximum atomic E-state index is 10.1. The Hall–Kier alpha value is -3.00. The lowest BCUT2D eigenvalue weighted by atomic mass is 10.1. The molecule has 1 fully saturated rings. The van der Waals surface area contributed by atoms with Crippen molar-refractivity contribution < 1.29 is 14.4 Å². The van der Waals surface area contributed by atoms with Gasteiger partial charge < -0.3 is 19.3 Å². The third kappa shape index (κ3) is 3.96. The summed E-state index contributed by atoms with van der Waals surface area (Å²) in [5, 5.41) is 14.2. The molecule has 1 aliphatic rings. The SMILES string of the molecule is COCCCc1cc(O)nc(N2CCCC2c2cc(-c3ccccn3)no2)n1. The number of methoxy groups -OCH3 is 1. The molecule has 3 aromatic heterocycles. The highest BCUT2D eigenvalue weighted by atomic mass is 16.5. The molecule has 1 aliphatic heterocycles. The Morgan fingerprint density at radius 2 is 2.18 bits per heavy atom. The van der Waals surface area contributed by atoms with Crippen molar-refractivity contribution in [3.05, 3.63) is 48.0 Å². The molecule has 0 spiro atoms. The van der Waals surface area contributed by atoms with Gasteiger partial charge in [-0.25, -0.2) is 4.98 Å². The van der Waals surface area contributed by atoms with Crippen LogP contribution in [0.1, 0.15) is 36.8 Å². The molecule has 1 unspecified atom stereocenters. The van der Waals surface area contributed by atoms with E-state index in [1.807, 2.05) is 24.3 Å². The molecule has 3 aromatic rings. The normalized spacial score (nSPS) is 16.6. The smallest absolute Gasteiger partial charge is 0.229 e. The fourth-order valence-electron chi connectivity index (χ4n) is 3.51. The van der Waals surface area contributed by atoms with Gasteiger partial charge in [0.1, 0.15) is 5.69 Å². The summed E-state index contributed by atoms with van der Waals surface area (Å²) >= 11 is 0. The van der Waals surface area contributed by atoms with Crippen LogP contribution in [-0.4, -0.2) is 45.5 Å². The van der Waals surface area contributed by atoms with Crippen LogP contribution in [0, 0.1) is 0 Å². The monoisotopic (exact) mass is 381 g/mol. The molecule has 1 N–H and O–H groups in total. The van der Waals surface area contributed by atoms with E-state index in [0.29, 0.717) is 18.2 Å². The van der Waals surface area contributed by atoms with Crippen molar-refractivity contribution in [3.8, 4) is 17.3 Å². The Bertz CT molecular complexity index is 915. The Kier molecular flexibility index (Phi) is 5.48. The lowest BCUT2D eigenvalue weighted by Crippen LogP contribution is -2.24. The van der Waals surface area contributed by atoms with Crippen molar-refractivity contribution >= 4 is 5.95 Å². The molecule has 1 saturated heterocycles. The zero-order chi connectivity index (χ0) is 19.3. The Morgan fingerprint density at radius 3 is 3.00 bits per heavy atom. The summed E-state index contributed by atoms with van der Waals surface area (Å²) in [6, 6.07) is 9.21. The predicted octanol–water partition coefficient (Wildman–Crippen LogP) is 3.15. The van der Waals surface area contributed by atoms with Gasteiger partial charge in [0.15, 0.2) is 5.76 Å². The molecule has 4 heterocycles. The Balaban J connectivity index is 1.56. The average Bonchev–Trinajstić information content (AvgIpc) is 3.38. The van der Waals surface area contributed by atoms with Crippen LogP contribution in [0.2, 0.25) is 0 Å². The highest BCUT2D eigenvalue weighted by Gasteiger charge is 2.32.